The van der Waals surface area contributed by atoms with E-state index >= 15 is 0 Å². The highest BCUT2D eigenvalue weighted by Gasteiger charge is 2.10. The molecule has 0 atom stereocenters. The van der Waals surface area contributed by atoms with Crippen LogP contribution in [0.5, 0.6) is 0 Å². The average Bonchev–Trinajstić information content (AvgIpc) is 2.98. The van der Waals surface area contributed by atoms with Crippen molar-refractivity contribution in [2.24, 2.45) is 5.10 Å². The summed E-state index contributed by atoms with van der Waals surface area (Å²) in [4.78, 5) is 0. The molecule has 7 heteroatoms. The zero-order chi connectivity index (χ0) is 14.1. The summed E-state index contributed by atoms with van der Waals surface area (Å²) in [5.41, 5.74) is 1.81. The summed E-state index contributed by atoms with van der Waals surface area (Å²) < 4.78 is 8.13. The van der Waals surface area contributed by atoms with Crippen molar-refractivity contribution in [3.63, 3.8) is 0 Å². The molecule has 0 saturated carbocycles. The molecule has 2 heterocycles. The molecule has 0 saturated heterocycles. The number of aryl methyl sites for hydroxylation is 1. The van der Waals surface area contributed by atoms with Crippen LogP contribution in [0.4, 0.5) is 0 Å². The molecule has 0 aliphatic heterocycles. The van der Waals surface area contributed by atoms with Crippen LogP contribution in [0.25, 0.3) is 11.0 Å². The van der Waals surface area contributed by atoms with Gasteiger partial charge in [0.1, 0.15) is 11.3 Å². The first-order valence-electron chi connectivity index (χ1n) is 6.15. The molecule has 0 radical (unpaired) electrons. The molecular weight excluding hydrogens is 292 g/mol. The number of nitrogens with one attached hydrogen (secondary N) is 2. The van der Waals surface area contributed by atoms with Crippen LogP contribution < -0.4 is 0 Å². The van der Waals surface area contributed by atoms with Gasteiger partial charge in [-0.1, -0.05) is 25.1 Å². The van der Waals surface area contributed by atoms with Gasteiger partial charge in [0, 0.05) is 17.4 Å². The second-order valence-electron chi connectivity index (χ2n) is 4.21. The number of hydrogen-bond donors (Lipinski definition) is 2. The highest BCUT2D eigenvalue weighted by Crippen LogP contribution is 2.24. The number of H-pyrrole nitrogens is 2. The topological polar surface area (TPSA) is 62.0 Å². The lowest BCUT2D eigenvalue weighted by Gasteiger charge is -1.94. The second-order valence-corrected chi connectivity index (χ2v) is 4.98. The summed E-state index contributed by atoms with van der Waals surface area (Å²) in [6, 6.07) is 7.88. The molecule has 102 valence electrons. The molecule has 2 N–H and O–H groups in total. The smallest absolute Gasteiger partial charge is 0.215 e. The number of para-hydroxylation sites is 1. The summed E-state index contributed by atoms with van der Waals surface area (Å²) in [5.74, 6) is 0.895. The SMILES string of the molecule is CCc1oc2ccccc2c1/C=N\n1c(=S)[nH][nH]c1=S. The number of benzene rings is 1. The van der Waals surface area contributed by atoms with Gasteiger partial charge in [0.2, 0.25) is 9.54 Å². The van der Waals surface area contributed by atoms with Gasteiger partial charge in [-0.25, -0.2) is 0 Å². The zero-order valence-corrected chi connectivity index (χ0v) is 12.3. The molecule has 0 unspecified atom stereocenters. The van der Waals surface area contributed by atoms with Gasteiger partial charge in [0.05, 0.1) is 6.21 Å². The van der Waals surface area contributed by atoms with Crippen molar-refractivity contribution in [1.82, 2.24) is 14.9 Å². The Balaban J connectivity index is 2.15. The number of fused-ring (bicyclic) bond motifs is 1. The molecule has 3 aromatic rings. The quantitative estimate of drug-likeness (QED) is 0.571. The van der Waals surface area contributed by atoms with Crippen LogP contribution >= 0.6 is 24.4 Å². The highest BCUT2D eigenvalue weighted by molar-refractivity contribution is 7.72. The third-order valence-electron chi connectivity index (χ3n) is 3.00. The molecular formula is C13H12N4OS2. The summed E-state index contributed by atoms with van der Waals surface area (Å²) in [6.45, 7) is 2.04. The third-order valence-corrected chi connectivity index (χ3v) is 3.55. The van der Waals surface area contributed by atoms with E-state index in [4.69, 9.17) is 28.9 Å². The van der Waals surface area contributed by atoms with Gasteiger partial charge in [-0.05, 0) is 30.5 Å². The van der Waals surface area contributed by atoms with Crippen molar-refractivity contribution in [3.8, 4) is 0 Å². The first-order valence-corrected chi connectivity index (χ1v) is 6.97. The summed E-state index contributed by atoms with van der Waals surface area (Å²) in [6.07, 6.45) is 2.53. The highest BCUT2D eigenvalue weighted by atomic mass is 32.1. The second kappa shape index (κ2) is 5.18. The molecule has 2 aromatic heterocycles. The molecule has 0 aliphatic rings. The fourth-order valence-corrected chi connectivity index (χ4v) is 2.48. The van der Waals surface area contributed by atoms with Gasteiger partial charge in [-0.15, -0.1) is 0 Å². The molecule has 0 aliphatic carbocycles. The third kappa shape index (κ3) is 2.14. The Hall–Kier alpha value is -1.99. The van der Waals surface area contributed by atoms with E-state index in [0.717, 1.165) is 28.7 Å². The van der Waals surface area contributed by atoms with Crippen molar-refractivity contribution in [1.29, 1.82) is 0 Å². The fraction of sp³-hybridized carbons (Fsp3) is 0.154. The van der Waals surface area contributed by atoms with Crippen molar-refractivity contribution >= 4 is 41.6 Å². The Bertz CT molecular complexity index is 869. The maximum atomic E-state index is 5.81. The largest absolute Gasteiger partial charge is 0.460 e. The van der Waals surface area contributed by atoms with Crippen LogP contribution in [-0.4, -0.2) is 21.1 Å². The van der Waals surface area contributed by atoms with Gasteiger partial charge in [-0.3, -0.25) is 10.2 Å². The van der Waals surface area contributed by atoms with E-state index in [1.54, 1.807) is 6.21 Å². The van der Waals surface area contributed by atoms with E-state index in [1.807, 2.05) is 31.2 Å². The zero-order valence-electron chi connectivity index (χ0n) is 10.7. The summed E-state index contributed by atoms with van der Waals surface area (Å²) in [5, 5.41) is 10.8. The number of nitrogens with zero attached hydrogens (tertiary/aromatic N) is 2. The summed E-state index contributed by atoms with van der Waals surface area (Å²) in [7, 11) is 0. The van der Waals surface area contributed by atoms with Crippen LogP contribution in [0.3, 0.4) is 0 Å². The number of aromatic nitrogens is 3. The number of rotatable bonds is 3. The van der Waals surface area contributed by atoms with Crippen molar-refractivity contribution in [2.45, 2.75) is 13.3 Å². The molecule has 0 spiro atoms. The van der Waals surface area contributed by atoms with Crippen LogP contribution in [0, 0.1) is 9.54 Å². The first-order chi connectivity index (χ1) is 9.70. The molecule has 0 bridgehead atoms. The van der Waals surface area contributed by atoms with Crippen LogP contribution in [0.2, 0.25) is 0 Å². The normalized spacial score (nSPS) is 11.7. The molecule has 1 aromatic carbocycles. The van der Waals surface area contributed by atoms with E-state index in [0.29, 0.717) is 9.54 Å². The summed E-state index contributed by atoms with van der Waals surface area (Å²) >= 11 is 10.2. The van der Waals surface area contributed by atoms with Crippen LogP contribution in [-0.2, 0) is 6.42 Å². The monoisotopic (exact) mass is 304 g/mol. The maximum Gasteiger partial charge on any atom is 0.215 e. The molecule has 3 rings (SSSR count). The van der Waals surface area contributed by atoms with Crippen molar-refractivity contribution in [3.05, 3.63) is 45.1 Å². The Labute approximate surface area is 124 Å². The van der Waals surface area contributed by atoms with Crippen LogP contribution in [0.15, 0.2) is 33.8 Å². The molecule has 20 heavy (non-hydrogen) atoms. The minimum atomic E-state index is 0.428. The Morgan fingerprint density at radius 1 is 1.25 bits per heavy atom. The minimum Gasteiger partial charge on any atom is -0.460 e. The van der Waals surface area contributed by atoms with Gasteiger partial charge in [0.25, 0.3) is 0 Å². The van der Waals surface area contributed by atoms with Gasteiger partial charge >= 0.3 is 0 Å². The first kappa shape index (κ1) is 13.0. The number of aromatic amines is 2. The van der Waals surface area contributed by atoms with Gasteiger partial charge in [0.15, 0.2) is 0 Å². The fourth-order valence-electron chi connectivity index (χ4n) is 2.05. The Morgan fingerprint density at radius 3 is 2.65 bits per heavy atom. The van der Waals surface area contributed by atoms with Crippen molar-refractivity contribution < 1.29 is 4.42 Å². The Morgan fingerprint density at radius 2 is 1.95 bits per heavy atom. The Kier molecular flexibility index (Phi) is 3.37. The lowest BCUT2D eigenvalue weighted by molar-refractivity contribution is 0.556. The predicted molar refractivity (Wildman–Crippen MR) is 83.4 cm³/mol. The molecule has 5 nitrogen and oxygen atoms in total. The molecule has 0 amide bonds. The van der Waals surface area contributed by atoms with Crippen molar-refractivity contribution in [2.75, 3.05) is 0 Å². The number of hydrogen-bond acceptors (Lipinski definition) is 4. The molecule has 0 fully saturated rings. The van der Waals surface area contributed by atoms with Crippen LogP contribution in [0.1, 0.15) is 18.2 Å². The van der Waals surface area contributed by atoms with E-state index in [1.165, 1.54) is 4.68 Å². The van der Waals surface area contributed by atoms with E-state index < -0.39 is 0 Å². The van der Waals surface area contributed by atoms with Gasteiger partial charge in [-0.2, -0.15) is 9.78 Å². The maximum absolute atomic E-state index is 5.81. The van der Waals surface area contributed by atoms with Gasteiger partial charge < -0.3 is 4.42 Å². The van der Waals surface area contributed by atoms with E-state index in [9.17, 15) is 0 Å². The lowest BCUT2D eigenvalue weighted by atomic mass is 10.1. The van der Waals surface area contributed by atoms with E-state index in [-0.39, 0.29) is 0 Å². The minimum absolute atomic E-state index is 0.428. The standard InChI is InChI=1S/C13H12N4OS2/c1-2-10-9(8-5-3-4-6-11(8)18-10)7-14-17-12(19)15-16-13(17)20/h3-7H,2H2,1H3,(H,15,19)(H,16,20)/b14-7-. The lowest BCUT2D eigenvalue weighted by Crippen LogP contribution is -1.92. The predicted octanol–water partition coefficient (Wildman–Crippen LogP) is 3.79. The average molecular weight is 304 g/mol. The van der Waals surface area contributed by atoms with E-state index in [2.05, 4.69) is 15.3 Å². The number of furan rings is 1.